The molecule has 0 aromatic heterocycles. The molecule has 1 N–H and O–H groups in total. The minimum Gasteiger partial charge on any atom is -0.339 e. The number of rotatable bonds is 4. The number of anilines is 1. The van der Waals surface area contributed by atoms with E-state index in [4.69, 9.17) is 0 Å². The zero-order valence-corrected chi connectivity index (χ0v) is 16.8. The fourth-order valence-corrected chi connectivity index (χ4v) is 4.40. The lowest BCUT2D eigenvalue weighted by Crippen LogP contribution is -2.38. The first-order chi connectivity index (χ1) is 12.8. The monoisotopic (exact) mass is 386 g/mol. The SMILES string of the molecule is Cc1ccc(S(=O)(=O)Nc2cccc(C(=O)N3CCC(C)CC3)c2C)cc1. The third-order valence-corrected chi connectivity index (χ3v) is 6.59. The highest BCUT2D eigenvalue weighted by Gasteiger charge is 2.24. The molecule has 1 fully saturated rings. The van der Waals surface area contributed by atoms with Gasteiger partial charge in [-0.2, -0.15) is 0 Å². The van der Waals surface area contributed by atoms with Crippen LogP contribution in [0.4, 0.5) is 5.69 Å². The van der Waals surface area contributed by atoms with Crippen LogP contribution in [0.1, 0.15) is 41.3 Å². The maximum Gasteiger partial charge on any atom is 0.261 e. The number of benzene rings is 2. The fraction of sp³-hybridized carbons (Fsp3) is 0.381. The Labute approximate surface area is 161 Å². The number of hydrogen-bond donors (Lipinski definition) is 1. The van der Waals surface area contributed by atoms with Crippen LogP contribution >= 0.6 is 0 Å². The molecule has 144 valence electrons. The highest BCUT2D eigenvalue weighted by Crippen LogP contribution is 2.25. The molecule has 0 spiro atoms. The molecular formula is C21H26N2O3S. The lowest BCUT2D eigenvalue weighted by molar-refractivity contribution is 0.0696. The van der Waals surface area contributed by atoms with Crippen LogP contribution in [0.5, 0.6) is 0 Å². The summed E-state index contributed by atoms with van der Waals surface area (Å²) >= 11 is 0. The number of hydrogen-bond acceptors (Lipinski definition) is 3. The van der Waals surface area contributed by atoms with Crippen molar-refractivity contribution in [1.82, 2.24) is 4.90 Å². The van der Waals surface area contributed by atoms with Crippen LogP contribution in [0.2, 0.25) is 0 Å². The summed E-state index contributed by atoms with van der Waals surface area (Å²) in [6, 6.07) is 11.9. The van der Waals surface area contributed by atoms with Crippen molar-refractivity contribution < 1.29 is 13.2 Å². The number of nitrogens with zero attached hydrogens (tertiary/aromatic N) is 1. The molecule has 1 heterocycles. The van der Waals surface area contributed by atoms with Crippen molar-refractivity contribution in [3.8, 4) is 0 Å². The summed E-state index contributed by atoms with van der Waals surface area (Å²) in [5, 5.41) is 0. The molecule has 0 radical (unpaired) electrons. The van der Waals surface area contributed by atoms with Crippen molar-refractivity contribution in [2.75, 3.05) is 17.8 Å². The smallest absolute Gasteiger partial charge is 0.261 e. The molecule has 1 saturated heterocycles. The van der Waals surface area contributed by atoms with Gasteiger partial charge in [-0.05, 0) is 62.4 Å². The second kappa shape index (κ2) is 7.72. The molecule has 3 rings (SSSR count). The summed E-state index contributed by atoms with van der Waals surface area (Å²) in [4.78, 5) is 15.0. The summed E-state index contributed by atoms with van der Waals surface area (Å²) in [5.74, 6) is 0.610. The van der Waals surface area contributed by atoms with Crippen molar-refractivity contribution in [2.24, 2.45) is 5.92 Å². The average Bonchev–Trinajstić information content (AvgIpc) is 2.64. The zero-order valence-electron chi connectivity index (χ0n) is 16.0. The first-order valence-electron chi connectivity index (χ1n) is 9.26. The molecule has 1 aliphatic rings. The van der Waals surface area contributed by atoms with Gasteiger partial charge in [0, 0.05) is 18.7 Å². The third-order valence-electron chi connectivity index (χ3n) is 5.21. The molecule has 1 amide bonds. The Balaban J connectivity index is 1.84. The van der Waals surface area contributed by atoms with Crippen LogP contribution in [0.15, 0.2) is 47.4 Å². The van der Waals surface area contributed by atoms with Gasteiger partial charge in [0.15, 0.2) is 0 Å². The molecule has 2 aromatic rings. The van der Waals surface area contributed by atoms with Crippen LogP contribution in [0, 0.1) is 19.8 Å². The van der Waals surface area contributed by atoms with E-state index in [0.717, 1.165) is 31.5 Å². The number of sulfonamides is 1. The van der Waals surface area contributed by atoms with Gasteiger partial charge in [-0.1, -0.05) is 30.7 Å². The molecule has 0 bridgehead atoms. The summed E-state index contributed by atoms with van der Waals surface area (Å²) < 4.78 is 28.0. The van der Waals surface area contributed by atoms with Crippen LogP contribution in [-0.4, -0.2) is 32.3 Å². The molecule has 0 aliphatic carbocycles. The number of carbonyl (C=O) groups excluding carboxylic acids is 1. The Kier molecular flexibility index (Phi) is 5.56. The molecule has 27 heavy (non-hydrogen) atoms. The van der Waals surface area contributed by atoms with Crippen molar-refractivity contribution in [3.05, 3.63) is 59.2 Å². The minimum absolute atomic E-state index is 0.0317. The minimum atomic E-state index is -3.70. The number of aryl methyl sites for hydroxylation is 1. The van der Waals surface area contributed by atoms with Gasteiger partial charge >= 0.3 is 0 Å². The normalized spacial score (nSPS) is 15.6. The predicted octanol–water partition coefficient (Wildman–Crippen LogP) is 3.98. The van der Waals surface area contributed by atoms with Gasteiger partial charge in [0.1, 0.15) is 0 Å². The van der Waals surface area contributed by atoms with E-state index < -0.39 is 10.0 Å². The van der Waals surface area contributed by atoms with Crippen LogP contribution < -0.4 is 4.72 Å². The Bertz CT molecular complexity index is 928. The maximum atomic E-state index is 12.9. The summed E-state index contributed by atoms with van der Waals surface area (Å²) in [5.41, 5.74) is 2.63. The quantitative estimate of drug-likeness (QED) is 0.864. The summed E-state index contributed by atoms with van der Waals surface area (Å²) in [7, 11) is -3.70. The Morgan fingerprint density at radius 3 is 2.30 bits per heavy atom. The third kappa shape index (κ3) is 4.33. The maximum absolute atomic E-state index is 12.9. The second-order valence-electron chi connectivity index (χ2n) is 7.37. The molecule has 0 saturated carbocycles. The fourth-order valence-electron chi connectivity index (χ4n) is 3.28. The number of carbonyl (C=O) groups is 1. The number of likely N-dealkylation sites (tertiary alicyclic amines) is 1. The topological polar surface area (TPSA) is 66.5 Å². The van der Waals surface area contributed by atoms with Crippen LogP contribution in [0.3, 0.4) is 0 Å². The second-order valence-corrected chi connectivity index (χ2v) is 9.05. The van der Waals surface area contributed by atoms with Gasteiger partial charge in [-0.25, -0.2) is 8.42 Å². The van der Waals surface area contributed by atoms with Crippen molar-refractivity contribution in [2.45, 2.75) is 38.5 Å². The predicted molar refractivity (Wildman–Crippen MR) is 107 cm³/mol. The Morgan fingerprint density at radius 1 is 1.04 bits per heavy atom. The molecule has 6 heteroatoms. The Hall–Kier alpha value is -2.34. The highest BCUT2D eigenvalue weighted by molar-refractivity contribution is 7.92. The first kappa shape index (κ1) is 19.4. The van der Waals surface area contributed by atoms with Gasteiger partial charge in [0.2, 0.25) is 0 Å². The average molecular weight is 387 g/mol. The molecule has 0 unspecified atom stereocenters. The lowest BCUT2D eigenvalue weighted by atomic mass is 9.98. The van der Waals surface area contributed by atoms with Crippen molar-refractivity contribution in [3.63, 3.8) is 0 Å². The largest absolute Gasteiger partial charge is 0.339 e. The molecule has 5 nitrogen and oxygen atoms in total. The van der Waals surface area contributed by atoms with E-state index in [0.29, 0.717) is 22.7 Å². The van der Waals surface area contributed by atoms with E-state index in [1.807, 2.05) is 11.8 Å². The van der Waals surface area contributed by atoms with E-state index in [1.54, 1.807) is 49.4 Å². The molecule has 2 aromatic carbocycles. The van der Waals surface area contributed by atoms with Gasteiger partial charge < -0.3 is 4.90 Å². The zero-order chi connectivity index (χ0) is 19.6. The number of amides is 1. The Morgan fingerprint density at radius 2 is 1.67 bits per heavy atom. The highest BCUT2D eigenvalue weighted by atomic mass is 32.2. The van der Waals surface area contributed by atoms with Crippen LogP contribution in [-0.2, 0) is 10.0 Å². The molecule has 0 atom stereocenters. The van der Waals surface area contributed by atoms with E-state index in [-0.39, 0.29) is 10.8 Å². The van der Waals surface area contributed by atoms with Gasteiger partial charge in [-0.15, -0.1) is 0 Å². The van der Waals surface area contributed by atoms with Crippen molar-refractivity contribution >= 4 is 21.6 Å². The molecule has 1 aliphatic heterocycles. The summed E-state index contributed by atoms with van der Waals surface area (Å²) in [6.07, 6.45) is 2.01. The van der Waals surface area contributed by atoms with Gasteiger partial charge in [-0.3, -0.25) is 9.52 Å². The number of nitrogens with one attached hydrogen (secondary N) is 1. The lowest BCUT2D eigenvalue weighted by Gasteiger charge is -2.31. The first-order valence-corrected chi connectivity index (χ1v) is 10.7. The molecular weight excluding hydrogens is 360 g/mol. The van der Waals surface area contributed by atoms with Gasteiger partial charge in [0.25, 0.3) is 15.9 Å². The van der Waals surface area contributed by atoms with E-state index in [2.05, 4.69) is 11.6 Å². The van der Waals surface area contributed by atoms with E-state index in [9.17, 15) is 13.2 Å². The standard InChI is InChI=1S/C21H26N2O3S/c1-15-7-9-18(10-8-15)27(25,26)22-20-6-4-5-19(17(20)3)21(24)23-13-11-16(2)12-14-23/h4-10,16,22H,11-14H2,1-3H3. The van der Waals surface area contributed by atoms with Crippen molar-refractivity contribution in [1.29, 1.82) is 0 Å². The van der Waals surface area contributed by atoms with E-state index >= 15 is 0 Å². The van der Waals surface area contributed by atoms with E-state index in [1.165, 1.54) is 0 Å². The number of piperidine rings is 1. The van der Waals surface area contributed by atoms with Crippen LogP contribution in [0.25, 0.3) is 0 Å². The van der Waals surface area contributed by atoms with Gasteiger partial charge in [0.05, 0.1) is 10.6 Å². The summed E-state index contributed by atoms with van der Waals surface area (Å²) in [6.45, 7) is 7.39.